The topological polar surface area (TPSA) is 32.5 Å². The van der Waals surface area contributed by atoms with E-state index < -0.39 is 0 Å². The summed E-state index contributed by atoms with van der Waals surface area (Å²) >= 11 is 0. The van der Waals surface area contributed by atoms with E-state index in [-0.39, 0.29) is 0 Å². The zero-order chi connectivity index (χ0) is 15.9. The molecule has 2 aromatic rings. The highest BCUT2D eigenvalue weighted by Gasteiger charge is 2.24. The molecule has 0 saturated carbocycles. The van der Waals surface area contributed by atoms with Crippen LogP contribution in [0.5, 0.6) is 0 Å². The lowest BCUT2D eigenvalue weighted by Gasteiger charge is -2.39. The van der Waals surface area contributed by atoms with Crippen molar-refractivity contribution >= 4 is 0 Å². The molecule has 1 heterocycles. The summed E-state index contributed by atoms with van der Waals surface area (Å²) in [5, 5.41) is 0. The third-order valence-electron chi connectivity index (χ3n) is 4.75. The van der Waals surface area contributed by atoms with E-state index in [9.17, 15) is 0 Å². The molecule has 1 aliphatic rings. The van der Waals surface area contributed by atoms with Gasteiger partial charge in [-0.05, 0) is 17.5 Å². The van der Waals surface area contributed by atoms with Gasteiger partial charge in [-0.25, -0.2) is 0 Å². The standard InChI is InChI=1S/C20H27N3/c21-11-12-22-13-15-23(16-14-22)20(19-9-5-2-6-10-19)17-18-7-3-1-4-8-18/h1-10,20H,11-17,21H2. The molecule has 1 unspecified atom stereocenters. The van der Waals surface area contributed by atoms with Crippen molar-refractivity contribution in [1.82, 2.24) is 9.80 Å². The van der Waals surface area contributed by atoms with Crippen molar-refractivity contribution in [1.29, 1.82) is 0 Å². The van der Waals surface area contributed by atoms with E-state index in [0.717, 1.165) is 45.7 Å². The first-order valence-corrected chi connectivity index (χ1v) is 8.62. The van der Waals surface area contributed by atoms with Crippen molar-refractivity contribution in [3.05, 3.63) is 71.8 Å². The zero-order valence-electron chi connectivity index (χ0n) is 13.8. The van der Waals surface area contributed by atoms with Gasteiger partial charge < -0.3 is 5.73 Å². The van der Waals surface area contributed by atoms with Gasteiger partial charge in [-0.2, -0.15) is 0 Å². The number of benzene rings is 2. The Bertz CT molecular complexity index is 562. The molecule has 1 saturated heterocycles. The molecule has 2 N–H and O–H groups in total. The van der Waals surface area contributed by atoms with E-state index in [0.29, 0.717) is 6.04 Å². The van der Waals surface area contributed by atoms with Crippen LogP contribution < -0.4 is 5.73 Å². The first-order valence-electron chi connectivity index (χ1n) is 8.62. The summed E-state index contributed by atoms with van der Waals surface area (Å²) in [4.78, 5) is 5.11. The Labute approximate surface area is 139 Å². The lowest BCUT2D eigenvalue weighted by Crippen LogP contribution is -2.49. The van der Waals surface area contributed by atoms with Crippen LogP contribution in [-0.2, 0) is 6.42 Å². The summed E-state index contributed by atoms with van der Waals surface area (Å²) in [6.45, 7) is 6.25. The summed E-state index contributed by atoms with van der Waals surface area (Å²) < 4.78 is 0. The minimum Gasteiger partial charge on any atom is -0.329 e. The Morgan fingerprint density at radius 3 is 2.04 bits per heavy atom. The van der Waals surface area contributed by atoms with E-state index >= 15 is 0 Å². The molecule has 0 bridgehead atoms. The number of hydrogen-bond donors (Lipinski definition) is 1. The highest BCUT2D eigenvalue weighted by atomic mass is 15.3. The molecule has 2 aromatic carbocycles. The number of piperazine rings is 1. The molecule has 0 amide bonds. The fourth-order valence-electron chi connectivity index (χ4n) is 3.45. The first-order chi connectivity index (χ1) is 11.4. The summed E-state index contributed by atoms with van der Waals surface area (Å²) in [5.74, 6) is 0. The molecule has 0 aliphatic carbocycles. The zero-order valence-corrected chi connectivity index (χ0v) is 13.8. The highest BCUT2D eigenvalue weighted by Crippen LogP contribution is 2.26. The number of nitrogens with two attached hydrogens (primary N) is 1. The second kappa shape index (κ2) is 8.25. The Morgan fingerprint density at radius 1 is 0.826 bits per heavy atom. The fourth-order valence-corrected chi connectivity index (χ4v) is 3.45. The van der Waals surface area contributed by atoms with Crippen LogP contribution in [0.2, 0.25) is 0 Å². The van der Waals surface area contributed by atoms with Crippen molar-refractivity contribution in [3.8, 4) is 0 Å². The minimum absolute atomic E-state index is 0.457. The van der Waals surface area contributed by atoms with Crippen molar-refractivity contribution < 1.29 is 0 Å². The van der Waals surface area contributed by atoms with Crippen molar-refractivity contribution in [2.75, 3.05) is 39.3 Å². The Balaban J connectivity index is 1.74. The van der Waals surface area contributed by atoms with E-state index in [1.165, 1.54) is 11.1 Å². The van der Waals surface area contributed by atoms with Crippen LogP contribution in [0.1, 0.15) is 17.2 Å². The quantitative estimate of drug-likeness (QED) is 0.890. The second-order valence-electron chi connectivity index (χ2n) is 6.28. The summed E-state index contributed by atoms with van der Waals surface area (Å²) in [6.07, 6.45) is 1.07. The average molecular weight is 309 g/mol. The number of hydrogen-bond acceptors (Lipinski definition) is 3. The van der Waals surface area contributed by atoms with Gasteiger partial charge >= 0.3 is 0 Å². The van der Waals surface area contributed by atoms with Gasteiger partial charge in [-0.1, -0.05) is 60.7 Å². The highest BCUT2D eigenvalue weighted by molar-refractivity contribution is 5.24. The molecule has 3 nitrogen and oxygen atoms in total. The summed E-state index contributed by atoms with van der Waals surface area (Å²) in [5.41, 5.74) is 8.52. The molecule has 0 radical (unpaired) electrons. The third kappa shape index (κ3) is 4.41. The molecule has 1 atom stereocenters. The van der Waals surface area contributed by atoms with Gasteiger partial charge in [0.15, 0.2) is 0 Å². The van der Waals surface area contributed by atoms with Crippen LogP contribution >= 0.6 is 0 Å². The maximum absolute atomic E-state index is 5.69. The van der Waals surface area contributed by atoms with Gasteiger partial charge in [0.2, 0.25) is 0 Å². The van der Waals surface area contributed by atoms with E-state index in [1.54, 1.807) is 0 Å². The monoisotopic (exact) mass is 309 g/mol. The molecule has 3 heteroatoms. The van der Waals surface area contributed by atoms with Crippen LogP contribution in [0, 0.1) is 0 Å². The maximum Gasteiger partial charge on any atom is 0.0389 e. The Morgan fingerprint density at radius 2 is 1.43 bits per heavy atom. The lowest BCUT2D eigenvalue weighted by molar-refractivity contribution is 0.0973. The molecule has 1 fully saturated rings. The lowest BCUT2D eigenvalue weighted by atomic mass is 9.96. The van der Waals surface area contributed by atoms with E-state index in [2.05, 4.69) is 70.5 Å². The maximum atomic E-state index is 5.69. The average Bonchev–Trinajstić information content (AvgIpc) is 2.62. The first kappa shape index (κ1) is 16.2. The van der Waals surface area contributed by atoms with Crippen LogP contribution in [0.15, 0.2) is 60.7 Å². The van der Waals surface area contributed by atoms with Gasteiger partial charge in [0.05, 0.1) is 0 Å². The van der Waals surface area contributed by atoms with Crippen LogP contribution in [0.3, 0.4) is 0 Å². The largest absolute Gasteiger partial charge is 0.329 e. The predicted molar refractivity (Wildman–Crippen MR) is 96.4 cm³/mol. The van der Waals surface area contributed by atoms with Crippen LogP contribution in [-0.4, -0.2) is 49.1 Å². The summed E-state index contributed by atoms with van der Waals surface area (Å²) in [7, 11) is 0. The molecule has 1 aliphatic heterocycles. The predicted octanol–water partition coefficient (Wildman–Crippen LogP) is 2.55. The molecule has 122 valence electrons. The molecule has 3 rings (SSSR count). The van der Waals surface area contributed by atoms with Gasteiger partial charge in [-0.15, -0.1) is 0 Å². The SMILES string of the molecule is NCCN1CCN(C(Cc2ccccc2)c2ccccc2)CC1. The minimum atomic E-state index is 0.457. The van der Waals surface area contributed by atoms with E-state index in [4.69, 9.17) is 5.73 Å². The van der Waals surface area contributed by atoms with Gasteiger partial charge in [0.25, 0.3) is 0 Å². The molecular weight excluding hydrogens is 282 g/mol. The Hall–Kier alpha value is -1.68. The van der Waals surface area contributed by atoms with Gasteiger partial charge in [-0.3, -0.25) is 9.80 Å². The third-order valence-corrected chi connectivity index (χ3v) is 4.75. The van der Waals surface area contributed by atoms with Gasteiger partial charge in [0.1, 0.15) is 0 Å². The normalized spacial score (nSPS) is 18.0. The van der Waals surface area contributed by atoms with Crippen LogP contribution in [0.25, 0.3) is 0 Å². The van der Waals surface area contributed by atoms with Crippen molar-refractivity contribution in [2.45, 2.75) is 12.5 Å². The number of rotatable bonds is 6. The molecule has 0 aromatic heterocycles. The fraction of sp³-hybridized carbons (Fsp3) is 0.400. The summed E-state index contributed by atoms with van der Waals surface area (Å²) in [6, 6.07) is 22.2. The number of nitrogens with zero attached hydrogens (tertiary/aromatic N) is 2. The van der Waals surface area contributed by atoms with Gasteiger partial charge in [0, 0.05) is 45.3 Å². The van der Waals surface area contributed by atoms with Crippen LogP contribution in [0.4, 0.5) is 0 Å². The van der Waals surface area contributed by atoms with Crippen molar-refractivity contribution in [2.24, 2.45) is 5.73 Å². The van der Waals surface area contributed by atoms with Crippen molar-refractivity contribution in [3.63, 3.8) is 0 Å². The second-order valence-corrected chi connectivity index (χ2v) is 6.28. The smallest absolute Gasteiger partial charge is 0.0389 e. The Kier molecular flexibility index (Phi) is 5.81. The molecule has 23 heavy (non-hydrogen) atoms. The molecule has 0 spiro atoms. The molecular formula is C20H27N3. The van der Waals surface area contributed by atoms with E-state index in [1.807, 2.05) is 0 Å².